The van der Waals surface area contributed by atoms with Gasteiger partial charge in [-0.05, 0) is 43.7 Å². The minimum absolute atomic E-state index is 0.0226. The molecule has 2 fully saturated rings. The number of fused-ring (bicyclic) bond motifs is 3. The third-order valence-electron chi connectivity index (χ3n) is 5.49. The molecular formula is C18H22N2O3. The van der Waals surface area contributed by atoms with Crippen molar-refractivity contribution in [2.45, 2.75) is 62.8 Å². The van der Waals surface area contributed by atoms with Gasteiger partial charge < -0.3 is 15.3 Å². The largest absolute Gasteiger partial charge is 0.393 e. The number of benzene rings is 1. The number of nitrogens with zero attached hydrogens (tertiary/aromatic N) is 1. The van der Waals surface area contributed by atoms with Crippen LogP contribution in [0.2, 0.25) is 0 Å². The second kappa shape index (κ2) is 5.64. The lowest BCUT2D eigenvalue weighted by Gasteiger charge is -2.49. The lowest BCUT2D eigenvalue weighted by Crippen LogP contribution is -2.61. The van der Waals surface area contributed by atoms with Gasteiger partial charge in [-0.3, -0.25) is 9.59 Å². The summed E-state index contributed by atoms with van der Waals surface area (Å²) in [6, 6.07) is 7.25. The number of nitrogens with one attached hydrogen (secondary N) is 1. The fourth-order valence-electron chi connectivity index (χ4n) is 4.47. The number of amides is 2. The molecule has 2 N–H and O–H groups in total. The van der Waals surface area contributed by atoms with Crippen LogP contribution in [0.1, 0.15) is 48.0 Å². The summed E-state index contributed by atoms with van der Waals surface area (Å²) in [4.78, 5) is 27.3. The standard InChI is InChI=1S/C18H22N2O3/c21-14-9-12-5-3-6-13(10-14)20(12)18(23)16-8-11-4-1-2-7-15(11)17(22)19-16/h1-2,4,7,12-14,16,21H,3,5-6,8-10H2,(H,19,22)/t12-,13+,14?,16?. The van der Waals surface area contributed by atoms with Crippen molar-refractivity contribution < 1.29 is 14.7 Å². The van der Waals surface area contributed by atoms with Crippen molar-refractivity contribution in [1.82, 2.24) is 10.2 Å². The normalized spacial score (nSPS) is 32.9. The lowest BCUT2D eigenvalue weighted by molar-refractivity contribution is -0.146. The molecule has 4 atom stereocenters. The van der Waals surface area contributed by atoms with Gasteiger partial charge in [0.15, 0.2) is 0 Å². The van der Waals surface area contributed by atoms with E-state index in [-0.39, 0.29) is 30.0 Å². The highest BCUT2D eigenvalue weighted by molar-refractivity contribution is 6.00. The van der Waals surface area contributed by atoms with E-state index in [1.807, 2.05) is 23.1 Å². The molecule has 0 radical (unpaired) electrons. The van der Waals surface area contributed by atoms with Crippen LogP contribution in [0.4, 0.5) is 0 Å². The van der Waals surface area contributed by atoms with E-state index in [1.165, 1.54) is 0 Å². The molecule has 0 aliphatic carbocycles. The summed E-state index contributed by atoms with van der Waals surface area (Å²) < 4.78 is 0. The molecule has 1 aromatic rings. The van der Waals surface area contributed by atoms with Gasteiger partial charge >= 0.3 is 0 Å². The quantitative estimate of drug-likeness (QED) is 0.819. The highest BCUT2D eigenvalue weighted by Crippen LogP contribution is 2.35. The summed E-state index contributed by atoms with van der Waals surface area (Å²) in [5.74, 6) is -0.137. The van der Waals surface area contributed by atoms with E-state index in [0.29, 0.717) is 24.8 Å². The van der Waals surface area contributed by atoms with Gasteiger partial charge in [-0.25, -0.2) is 0 Å². The Morgan fingerprint density at radius 2 is 1.87 bits per heavy atom. The van der Waals surface area contributed by atoms with Gasteiger partial charge in [-0.15, -0.1) is 0 Å². The molecule has 5 heteroatoms. The number of hydrogen-bond donors (Lipinski definition) is 2. The summed E-state index contributed by atoms with van der Waals surface area (Å²) in [6.45, 7) is 0. The van der Waals surface area contributed by atoms with Crippen molar-refractivity contribution >= 4 is 11.8 Å². The van der Waals surface area contributed by atoms with Crippen LogP contribution in [0.3, 0.4) is 0 Å². The number of carbonyl (C=O) groups is 2. The van der Waals surface area contributed by atoms with Crippen LogP contribution in [-0.4, -0.2) is 46.1 Å². The third-order valence-corrected chi connectivity index (χ3v) is 5.49. The molecular weight excluding hydrogens is 292 g/mol. The average molecular weight is 314 g/mol. The van der Waals surface area contributed by atoms with E-state index in [0.717, 1.165) is 24.8 Å². The van der Waals surface area contributed by atoms with Crippen LogP contribution in [0.25, 0.3) is 0 Å². The van der Waals surface area contributed by atoms with Crippen molar-refractivity contribution in [2.75, 3.05) is 0 Å². The highest BCUT2D eigenvalue weighted by atomic mass is 16.3. The van der Waals surface area contributed by atoms with Gasteiger partial charge in [0.2, 0.25) is 5.91 Å². The third kappa shape index (κ3) is 2.53. The minimum atomic E-state index is -0.476. The first-order valence-electron chi connectivity index (χ1n) is 8.52. The number of carbonyl (C=O) groups excluding carboxylic acids is 2. The van der Waals surface area contributed by atoms with Gasteiger partial charge in [0, 0.05) is 24.1 Å². The van der Waals surface area contributed by atoms with Crippen LogP contribution < -0.4 is 5.32 Å². The topological polar surface area (TPSA) is 69.6 Å². The summed E-state index contributed by atoms with van der Waals surface area (Å²) in [5, 5.41) is 12.9. The number of hydrogen-bond acceptors (Lipinski definition) is 3. The van der Waals surface area contributed by atoms with E-state index in [1.54, 1.807) is 6.07 Å². The molecule has 2 amide bonds. The number of rotatable bonds is 1. The van der Waals surface area contributed by atoms with E-state index in [4.69, 9.17) is 0 Å². The van der Waals surface area contributed by atoms with Crippen LogP contribution in [0, 0.1) is 0 Å². The maximum absolute atomic E-state index is 13.1. The van der Waals surface area contributed by atoms with E-state index in [2.05, 4.69) is 5.32 Å². The minimum Gasteiger partial charge on any atom is -0.393 e. The zero-order chi connectivity index (χ0) is 16.0. The molecule has 3 heterocycles. The van der Waals surface area contributed by atoms with Gasteiger partial charge in [-0.2, -0.15) is 0 Å². The fraction of sp³-hybridized carbons (Fsp3) is 0.556. The lowest BCUT2D eigenvalue weighted by atomic mass is 9.82. The van der Waals surface area contributed by atoms with Crippen molar-refractivity contribution in [2.24, 2.45) is 0 Å². The van der Waals surface area contributed by atoms with E-state index in [9.17, 15) is 14.7 Å². The highest BCUT2D eigenvalue weighted by Gasteiger charge is 2.43. The van der Waals surface area contributed by atoms with Crippen molar-refractivity contribution in [3.05, 3.63) is 35.4 Å². The molecule has 3 aliphatic rings. The number of piperidine rings is 2. The predicted molar refractivity (Wildman–Crippen MR) is 84.9 cm³/mol. The summed E-state index contributed by atoms with van der Waals surface area (Å²) in [5.41, 5.74) is 1.61. The van der Waals surface area contributed by atoms with Crippen molar-refractivity contribution in [1.29, 1.82) is 0 Å². The Hall–Kier alpha value is -1.88. The summed E-state index contributed by atoms with van der Waals surface area (Å²) >= 11 is 0. The van der Waals surface area contributed by atoms with Gasteiger partial charge in [0.25, 0.3) is 5.91 Å². The average Bonchev–Trinajstić information content (AvgIpc) is 2.53. The molecule has 2 unspecified atom stereocenters. The van der Waals surface area contributed by atoms with Gasteiger partial charge in [0.05, 0.1) is 6.10 Å². The van der Waals surface area contributed by atoms with Crippen LogP contribution in [-0.2, 0) is 11.2 Å². The zero-order valence-corrected chi connectivity index (χ0v) is 13.1. The number of aliphatic hydroxyl groups is 1. The second-order valence-electron chi connectivity index (χ2n) is 7.00. The molecule has 122 valence electrons. The Balaban J connectivity index is 1.57. The maximum Gasteiger partial charge on any atom is 0.252 e. The van der Waals surface area contributed by atoms with Crippen molar-refractivity contribution in [3.63, 3.8) is 0 Å². The summed E-state index contributed by atoms with van der Waals surface area (Å²) in [6.07, 6.45) is 4.62. The smallest absolute Gasteiger partial charge is 0.252 e. The number of aliphatic hydroxyl groups excluding tert-OH is 1. The Morgan fingerprint density at radius 1 is 1.17 bits per heavy atom. The zero-order valence-electron chi connectivity index (χ0n) is 13.1. The maximum atomic E-state index is 13.1. The first-order chi connectivity index (χ1) is 11.1. The molecule has 2 saturated heterocycles. The van der Waals surface area contributed by atoms with E-state index < -0.39 is 6.04 Å². The molecule has 1 aromatic carbocycles. The molecule has 5 nitrogen and oxygen atoms in total. The van der Waals surface area contributed by atoms with Crippen LogP contribution in [0.15, 0.2) is 24.3 Å². The van der Waals surface area contributed by atoms with Gasteiger partial charge in [0.1, 0.15) is 6.04 Å². The SMILES string of the molecule is O=C1NC(C(=O)N2[C@@H]3CCC[C@H]2CC(O)C3)Cc2ccccc21. The fourth-order valence-corrected chi connectivity index (χ4v) is 4.47. The molecule has 0 spiro atoms. The Morgan fingerprint density at radius 3 is 2.61 bits per heavy atom. The van der Waals surface area contributed by atoms with Gasteiger partial charge in [-0.1, -0.05) is 18.2 Å². The Labute approximate surface area is 135 Å². The molecule has 4 rings (SSSR count). The first kappa shape index (κ1) is 14.7. The second-order valence-corrected chi connectivity index (χ2v) is 7.00. The van der Waals surface area contributed by atoms with Crippen molar-refractivity contribution in [3.8, 4) is 0 Å². The Bertz CT molecular complexity index is 631. The van der Waals surface area contributed by atoms with E-state index >= 15 is 0 Å². The molecule has 0 saturated carbocycles. The molecule has 0 aromatic heterocycles. The predicted octanol–water partition coefficient (Wildman–Crippen LogP) is 1.25. The molecule has 23 heavy (non-hydrogen) atoms. The molecule has 3 aliphatic heterocycles. The Kier molecular flexibility index (Phi) is 3.60. The van der Waals surface area contributed by atoms with Crippen LogP contribution in [0.5, 0.6) is 0 Å². The summed E-state index contributed by atoms with van der Waals surface area (Å²) in [7, 11) is 0. The molecule has 2 bridgehead atoms. The monoisotopic (exact) mass is 314 g/mol. The first-order valence-corrected chi connectivity index (χ1v) is 8.52. The van der Waals surface area contributed by atoms with Crippen LogP contribution >= 0.6 is 0 Å².